The average Bonchev–Trinajstić information content (AvgIpc) is 3.24. The fraction of sp³-hybridized carbons (Fsp3) is 0.135. The molecule has 384 valence electrons. The van der Waals surface area contributed by atoms with Gasteiger partial charge in [0, 0.05) is 65.5 Å². The van der Waals surface area contributed by atoms with Crippen molar-refractivity contribution in [3.63, 3.8) is 0 Å². The fourth-order valence-electron chi connectivity index (χ4n) is 14.7. The molecule has 80 heavy (non-hydrogen) atoms. The van der Waals surface area contributed by atoms with Crippen LogP contribution >= 0.6 is 0 Å². The van der Waals surface area contributed by atoms with E-state index in [-0.39, 0.29) is 0 Å². The Balaban J connectivity index is 0.936. The standard InChI is InChI=1S/C74H54N2O4/c1-41-21-7-13-29-53(41)75(55-31-19-27-45-43-23-9-15-33-59(43)77-69(45)55)57-39-51-63(65-47-25-11-17-35-61(47)79-71(57)65)49-37-38-50-64-52(74(5,6)68(50)67(49)73(51,3)4)40-58(72-66(64)48-26-12-18-36-62(48)80-72)76(54-30-14-8-22-42(54)2)56-32-20-28-46-44-24-10-16-34-60(44)78-70(46)56/h7-11,13-25,27-40H,12,26H2,1-6H3. The number of hydrogen-bond donors (Lipinski definition) is 0. The number of aryl methyl sites for hydroxylation is 3. The molecule has 17 rings (SSSR count). The summed E-state index contributed by atoms with van der Waals surface area (Å²) in [7, 11) is 0. The topological polar surface area (TPSA) is 59.0 Å². The van der Waals surface area contributed by atoms with Crippen LogP contribution in [0.5, 0.6) is 0 Å². The molecule has 0 atom stereocenters. The normalized spacial score (nSPS) is 14.7. The molecular formula is C74H54N2O4. The minimum atomic E-state index is -0.468. The van der Waals surface area contributed by atoms with Crippen molar-refractivity contribution in [1.82, 2.24) is 0 Å². The molecule has 10 aromatic carbocycles. The molecule has 0 bridgehead atoms. The van der Waals surface area contributed by atoms with Crippen LogP contribution in [0.4, 0.5) is 34.1 Å². The first-order valence-electron chi connectivity index (χ1n) is 28.0. The first-order valence-corrected chi connectivity index (χ1v) is 28.0. The summed E-state index contributed by atoms with van der Waals surface area (Å²) in [5.41, 5.74) is 24.9. The van der Waals surface area contributed by atoms with Crippen molar-refractivity contribution in [3.05, 3.63) is 233 Å². The lowest BCUT2D eigenvalue weighted by Gasteiger charge is -2.32. The Morgan fingerprint density at radius 1 is 0.388 bits per heavy atom. The maximum atomic E-state index is 7.31. The van der Waals surface area contributed by atoms with Crippen molar-refractivity contribution in [1.29, 1.82) is 0 Å². The first-order chi connectivity index (χ1) is 39.1. The van der Waals surface area contributed by atoms with E-state index in [0.717, 1.165) is 135 Å². The second-order valence-corrected chi connectivity index (χ2v) is 23.4. The second kappa shape index (κ2) is 16.1. The highest BCUT2D eigenvalue weighted by Gasteiger charge is 2.49. The molecule has 0 unspecified atom stereocenters. The second-order valence-electron chi connectivity index (χ2n) is 23.4. The highest BCUT2D eigenvalue weighted by molar-refractivity contribution is 6.21. The molecule has 0 spiro atoms. The van der Waals surface area contributed by atoms with Gasteiger partial charge in [0.1, 0.15) is 22.5 Å². The van der Waals surface area contributed by atoms with E-state index in [2.05, 4.69) is 233 Å². The molecule has 0 fully saturated rings. The molecule has 6 heteroatoms. The molecule has 0 saturated heterocycles. The lowest BCUT2D eigenvalue weighted by atomic mass is 9.72. The zero-order valence-electron chi connectivity index (χ0n) is 45.4. The molecule has 0 radical (unpaired) electrons. The van der Waals surface area contributed by atoms with E-state index in [1.807, 2.05) is 12.1 Å². The molecule has 3 aliphatic carbocycles. The minimum absolute atomic E-state index is 0.458. The molecule has 3 aliphatic rings. The van der Waals surface area contributed by atoms with Crippen LogP contribution in [-0.2, 0) is 17.3 Å². The number of furan rings is 4. The number of benzene rings is 10. The summed E-state index contributed by atoms with van der Waals surface area (Å²) >= 11 is 0. The molecule has 0 aliphatic heterocycles. The summed E-state index contributed by atoms with van der Waals surface area (Å²) in [6.07, 6.45) is 6.30. The predicted octanol–water partition coefficient (Wildman–Crippen LogP) is 21.3. The third kappa shape index (κ3) is 5.92. The smallest absolute Gasteiger partial charge is 0.160 e. The predicted molar refractivity (Wildman–Crippen MR) is 329 cm³/mol. The van der Waals surface area contributed by atoms with Crippen LogP contribution in [0.2, 0.25) is 0 Å². The Hall–Kier alpha value is -9.52. The van der Waals surface area contributed by atoms with Crippen molar-refractivity contribution in [2.45, 2.75) is 65.2 Å². The average molecular weight is 1040 g/mol. The molecular weight excluding hydrogens is 981 g/mol. The molecule has 6 nitrogen and oxygen atoms in total. The van der Waals surface area contributed by atoms with Gasteiger partial charge in [0.15, 0.2) is 22.3 Å². The minimum Gasteiger partial charge on any atom is -0.454 e. The van der Waals surface area contributed by atoms with Crippen LogP contribution in [0.25, 0.3) is 105 Å². The summed E-state index contributed by atoms with van der Waals surface area (Å²) in [5, 5.41) is 7.76. The van der Waals surface area contributed by atoms with Gasteiger partial charge in [0.2, 0.25) is 0 Å². The van der Waals surface area contributed by atoms with Crippen LogP contribution in [-0.4, -0.2) is 0 Å². The van der Waals surface area contributed by atoms with E-state index >= 15 is 0 Å². The monoisotopic (exact) mass is 1030 g/mol. The molecule has 14 aromatic rings. The van der Waals surface area contributed by atoms with Crippen molar-refractivity contribution >= 4 is 117 Å². The first kappa shape index (κ1) is 45.5. The van der Waals surface area contributed by atoms with Crippen LogP contribution < -0.4 is 9.80 Å². The largest absolute Gasteiger partial charge is 0.454 e. The summed E-state index contributed by atoms with van der Waals surface area (Å²) in [6, 6.07) is 65.5. The van der Waals surface area contributed by atoms with E-state index in [1.54, 1.807) is 0 Å². The van der Waals surface area contributed by atoms with E-state index in [1.165, 1.54) is 55.5 Å². The van der Waals surface area contributed by atoms with Gasteiger partial charge in [-0.1, -0.05) is 161 Å². The Kier molecular flexibility index (Phi) is 9.13. The van der Waals surface area contributed by atoms with Gasteiger partial charge < -0.3 is 27.5 Å². The number of nitrogens with zero attached hydrogens (tertiary/aromatic N) is 2. The number of para-hydroxylation sites is 7. The highest BCUT2D eigenvalue weighted by atomic mass is 16.3. The van der Waals surface area contributed by atoms with E-state index < -0.39 is 10.8 Å². The van der Waals surface area contributed by atoms with Gasteiger partial charge in [-0.2, -0.15) is 0 Å². The van der Waals surface area contributed by atoms with E-state index in [4.69, 9.17) is 17.7 Å². The maximum absolute atomic E-state index is 7.31. The fourth-order valence-corrected chi connectivity index (χ4v) is 14.7. The molecule has 4 heterocycles. The van der Waals surface area contributed by atoms with Crippen LogP contribution in [0.15, 0.2) is 206 Å². The SMILES string of the molecule is Cc1ccccc1N(c1cc2c(c3c4c(oc13)C=CCC4)-c1ccc3c(c1C2(C)C)C(C)(C)c1cc(N(c2ccccc2C)c2cccc4c2oc2ccccc24)c2oc4ccccc4c2c1-3)c1cccc2c1oc1ccccc12. The van der Waals surface area contributed by atoms with Gasteiger partial charge in [-0.15, -0.1) is 0 Å². The van der Waals surface area contributed by atoms with Gasteiger partial charge in [0.05, 0.1) is 22.7 Å². The Morgan fingerprint density at radius 3 is 1.35 bits per heavy atom. The van der Waals surface area contributed by atoms with Crippen molar-refractivity contribution in [2.24, 2.45) is 0 Å². The third-order valence-electron chi connectivity index (χ3n) is 18.3. The zero-order valence-corrected chi connectivity index (χ0v) is 45.4. The van der Waals surface area contributed by atoms with E-state index in [0.29, 0.717) is 0 Å². The zero-order chi connectivity index (χ0) is 53.5. The molecule has 0 N–H and O–H groups in total. The van der Waals surface area contributed by atoms with Crippen molar-refractivity contribution in [3.8, 4) is 22.3 Å². The number of rotatable bonds is 6. The summed E-state index contributed by atoms with van der Waals surface area (Å²) < 4.78 is 28.4. The quantitative estimate of drug-likeness (QED) is 0.165. The van der Waals surface area contributed by atoms with Gasteiger partial charge >= 0.3 is 0 Å². The highest BCUT2D eigenvalue weighted by Crippen LogP contribution is 2.65. The lowest BCUT2D eigenvalue weighted by molar-refractivity contribution is 0.593. The van der Waals surface area contributed by atoms with E-state index in [9.17, 15) is 0 Å². The summed E-state index contributed by atoms with van der Waals surface area (Å²) in [6.45, 7) is 14.2. The number of allylic oxidation sites excluding steroid dienone is 1. The number of anilines is 6. The van der Waals surface area contributed by atoms with Gasteiger partial charge in [-0.25, -0.2) is 0 Å². The summed E-state index contributed by atoms with van der Waals surface area (Å²) in [5.74, 6) is 0.936. The lowest BCUT2D eigenvalue weighted by Crippen LogP contribution is -2.24. The van der Waals surface area contributed by atoms with Gasteiger partial charge in [0.25, 0.3) is 0 Å². The third-order valence-corrected chi connectivity index (χ3v) is 18.3. The Labute approximate surface area is 462 Å². The molecule has 0 amide bonds. The van der Waals surface area contributed by atoms with Gasteiger partial charge in [-0.3, -0.25) is 0 Å². The van der Waals surface area contributed by atoms with Crippen LogP contribution in [0.1, 0.15) is 78.8 Å². The van der Waals surface area contributed by atoms with Gasteiger partial charge in [-0.05, 0) is 143 Å². The van der Waals surface area contributed by atoms with Crippen molar-refractivity contribution < 1.29 is 17.7 Å². The summed E-state index contributed by atoms with van der Waals surface area (Å²) in [4.78, 5) is 4.81. The Bertz CT molecular complexity index is 5070. The molecule has 0 saturated carbocycles. The van der Waals surface area contributed by atoms with Crippen LogP contribution in [0.3, 0.4) is 0 Å². The Morgan fingerprint density at radius 2 is 0.812 bits per heavy atom. The maximum Gasteiger partial charge on any atom is 0.160 e. The number of hydrogen-bond acceptors (Lipinski definition) is 6. The van der Waals surface area contributed by atoms with Crippen molar-refractivity contribution in [2.75, 3.05) is 9.80 Å². The van der Waals surface area contributed by atoms with Crippen LogP contribution in [0, 0.1) is 13.8 Å². The molecule has 4 aromatic heterocycles. The number of fused-ring (bicyclic) bond motifs is 21.